The van der Waals surface area contributed by atoms with E-state index in [-0.39, 0.29) is 0 Å². The molecule has 0 aromatic heterocycles. The second-order valence-corrected chi connectivity index (χ2v) is 3.52. The molecular formula is C12H13N2-. The molecular weight excluding hydrogens is 172 g/mol. The van der Waals surface area contributed by atoms with E-state index < -0.39 is 0 Å². The van der Waals surface area contributed by atoms with Crippen LogP contribution in [0, 0.1) is 0 Å². The van der Waals surface area contributed by atoms with E-state index in [9.17, 15) is 0 Å². The number of hydrogen-bond acceptors (Lipinski definition) is 1. The molecule has 0 spiro atoms. The first kappa shape index (κ1) is 9.04. The Kier molecular flexibility index (Phi) is 2.66. The highest BCUT2D eigenvalue weighted by atomic mass is 15.1. The van der Waals surface area contributed by atoms with Crippen LogP contribution in [0.5, 0.6) is 0 Å². The van der Waals surface area contributed by atoms with Crippen molar-refractivity contribution in [2.24, 2.45) is 0 Å². The van der Waals surface area contributed by atoms with E-state index in [4.69, 9.17) is 5.41 Å². The summed E-state index contributed by atoms with van der Waals surface area (Å²) in [5, 5.41) is 9.11. The molecule has 0 aliphatic carbocycles. The number of likely N-dealkylation sites (tertiary alicyclic amines) is 1. The third kappa shape index (κ3) is 1.70. The smallest absolute Gasteiger partial charge is 0.0638 e. The van der Waals surface area contributed by atoms with E-state index in [1.54, 1.807) is 0 Å². The van der Waals surface area contributed by atoms with Gasteiger partial charge in [-0.25, -0.2) is 5.87 Å². The predicted molar refractivity (Wildman–Crippen MR) is 59.0 cm³/mol. The predicted octanol–water partition coefficient (Wildman–Crippen LogP) is 2.36. The van der Waals surface area contributed by atoms with Crippen molar-refractivity contribution in [2.75, 3.05) is 13.1 Å². The van der Waals surface area contributed by atoms with Crippen LogP contribution >= 0.6 is 0 Å². The first-order valence-corrected chi connectivity index (χ1v) is 4.99. The van der Waals surface area contributed by atoms with Gasteiger partial charge in [-0.3, -0.25) is 0 Å². The van der Waals surface area contributed by atoms with Crippen molar-refractivity contribution in [3.63, 3.8) is 0 Å². The SMILES string of the molecule is [N-]=C=C(c1ccccc1)N1CCCC1. The summed E-state index contributed by atoms with van der Waals surface area (Å²) in [7, 11) is 0. The first-order chi connectivity index (χ1) is 6.92. The molecule has 0 unspecified atom stereocenters. The second-order valence-electron chi connectivity index (χ2n) is 3.52. The van der Waals surface area contributed by atoms with E-state index in [1.165, 1.54) is 12.8 Å². The molecule has 14 heavy (non-hydrogen) atoms. The minimum atomic E-state index is 0.822. The molecule has 1 aliphatic heterocycles. The molecule has 0 N–H and O–H groups in total. The van der Waals surface area contributed by atoms with E-state index in [0.717, 1.165) is 24.4 Å². The highest BCUT2D eigenvalue weighted by molar-refractivity contribution is 5.90. The van der Waals surface area contributed by atoms with Crippen molar-refractivity contribution < 1.29 is 0 Å². The van der Waals surface area contributed by atoms with E-state index in [1.807, 2.05) is 30.3 Å². The lowest BCUT2D eigenvalue weighted by Gasteiger charge is -2.20. The Balaban J connectivity index is 2.27. The maximum Gasteiger partial charge on any atom is 0.0638 e. The molecule has 0 atom stereocenters. The van der Waals surface area contributed by atoms with Gasteiger partial charge < -0.3 is 10.3 Å². The van der Waals surface area contributed by atoms with Crippen LogP contribution in [-0.2, 0) is 0 Å². The average Bonchev–Trinajstić information content (AvgIpc) is 2.74. The molecule has 1 aliphatic rings. The zero-order valence-electron chi connectivity index (χ0n) is 8.11. The molecule has 2 rings (SSSR count). The van der Waals surface area contributed by atoms with Gasteiger partial charge in [-0.1, -0.05) is 30.3 Å². The number of nitrogens with zero attached hydrogens (tertiary/aromatic N) is 2. The topological polar surface area (TPSA) is 25.5 Å². The van der Waals surface area contributed by atoms with Gasteiger partial charge in [0.2, 0.25) is 0 Å². The largest absolute Gasteiger partial charge is 0.762 e. The van der Waals surface area contributed by atoms with Crippen molar-refractivity contribution in [3.8, 4) is 0 Å². The van der Waals surface area contributed by atoms with Crippen molar-refractivity contribution in [3.05, 3.63) is 41.3 Å². The van der Waals surface area contributed by atoms with Crippen molar-refractivity contribution in [2.45, 2.75) is 12.8 Å². The van der Waals surface area contributed by atoms with E-state index in [0.29, 0.717) is 0 Å². The molecule has 1 aromatic rings. The summed E-state index contributed by atoms with van der Waals surface area (Å²) in [6.45, 7) is 2.05. The Labute approximate surface area is 84.4 Å². The third-order valence-electron chi connectivity index (χ3n) is 2.58. The fourth-order valence-corrected chi connectivity index (χ4v) is 1.85. The van der Waals surface area contributed by atoms with Crippen LogP contribution < -0.4 is 0 Å². The van der Waals surface area contributed by atoms with Gasteiger partial charge in [-0.05, 0) is 12.8 Å². The molecule has 0 amide bonds. The van der Waals surface area contributed by atoms with Gasteiger partial charge in [-0.15, -0.1) is 0 Å². The Hall–Kier alpha value is -1.53. The molecule has 72 valence electrons. The van der Waals surface area contributed by atoms with E-state index >= 15 is 0 Å². The van der Waals surface area contributed by atoms with Crippen molar-refractivity contribution in [1.82, 2.24) is 4.90 Å². The summed E-state index contributed by atoms with van der Waals surface area (Å²) in [6, 6.07) is 9.92. The quantitative estimate of drug-likeness (QED) is 0.649. The summed E-state index contributed by atoms with van der Waals surface area (Å²) in [5.74, 6) is 2.30. The molecule has 1 saturated heterocycles. The molecule has 1 heterocycles. The van der Waals surface area contributed by atoms with Crippen LogP contribution in [0.2, 0.25) is 0 Å². The van der Waals surface area contributed by atoms with Crippen molar-refractivity contribution >= 4 is 11.6 Å². The van der Waals surface area contributed by atoms with Crippen LogP contribution in [0.4, 0.5) is 0 Å². The maximum absolute atomic E-state index is 9.11. The lowest BCUT2D eigenvalue weighted by Crippen LogP contribution is -2.17. The second kappa shape index (κ2) is 4.12. The van der Waals surface area contributed by atoms with Gasteiger partial charge in [-0.2, -0.15) is 0 Å². The Morgan fingerprint density at radius 1 is 1.14 bits per heavy atom. The summed E-state index contributed by atoms with van der Waals surface area (Å²) >= 11 is 0. The summed E-state index contributed by atoms with van der Waals surface area (Å²) in [4.78, 5) is 2.18. The molecule has 0 saturated carbocycles. The van der Waals surface area contributed by atoms with E-state index in [2.05, 4.69) is 10.8 Å². The zero-order valence-corrected chi connectivity index (χ0v) is 8.11. The van der Waals surface area contributed by atoms with Gasteiger partial charge in [0, 0.05) is 18.7 Å². The van der Waals surface area contributed by atoms with Crippen LogP contribution in [0.1, 0.15) is 18.4 Å². The molecule has 0 bridgehead atoms. The average molecular weight is 185 g/mol. The third-order valence-corrected chi connectivity index (χ3v) is 2.58. The Bertz CT molecular complexity index is 344. The highest BCUT2D eigenvalue weighted by Gasteiger charge is 2.14. The summed E-state index contributed by atoms with van der Waals surface area (Å²) in [5.41, 5.74) is 1.86. The molecule has 0 radical (unpaired) electrons. The molecule has 2 nitrogen and oxygen atoms in total. The Morgan fingerprint density at radius 2 is 1.79 bits per heavy atom. The molecule has 2 heteroatoms. The lowest BCUT2D eigenvalue weighted by atomic mass is 10.1. The number of benzene rings is 1. The number of rotatable bonds is 2. The minimum Gasteiger partial charge on any atom is -0.762 e. The maximum atomic E-state index is 9.11. The van der Waals surface area contributed by atoms with Crippen LogP contribution in [0.25, 0.3) is 11.1 Å². The normalized spacial score (nSPS) is 15.3. The van der Waals surface area contributed by atoms with Gasteiger partial charge in [0.15, 0.2) is 0 Å². The minimum absolute atomic E-state index is 0.822. The van der Waals surface area contributed by atoms with Crippen LogP contribution in [0.3, 0.4) is 0 Å². The Morgan fingerprint density at radius 3 is 2.36 bits per heavy atom. The molecule has 1 aromatic carbocycles. The standard InChI is InChI=1S/C12H13N2/c13-10-12(14-8-4-5-9-14)11-6-2-1-3-7-11/h1-3,6-7H,4-5,8-9H2/q-1. The van der Waals surface area contributed by atoms with Gasteiger partial charge >= 0.3 is 0 Å². The van der Waals surface area contributed by atoms with Gasteiger partial charge in [0.25, 0.3) is 0 Å². The number of hydrogen-bond donors (Lipinski definition) is 0. The fraction of sp³-hybridized carbons (Fsp3) is 0.333. The first-order valence-electron chi connectivity index (χ1n) is 4.99. The van der Waals surface area contributed by atoms with Crippen molar-refractivity contribution in [1.29, 1.82) is 0 Å². The van der Waals surface area contributed by atoms with Crippen LogP contribution in [0.15, 0.2) is 30.3 Å². The fourth-order valence-electron chi connectivity index (χ4n) is 1.85. The molecule has 1 fully saturated rings. The lowest BCUT2D eigenvalue weighted by molar-refractivity contribution is 0.497. The monoisotopic (exact) mass is 185 g/mol. The van der Waals surface area contributed by atoms with Crippen LogP contribution in [-0.4, -0.2) is 23.9 Å². The van der Waals surface area contributed by atoms with Gasteiger partial charge in [0.05, 0.1) is 5.70 Å². The highest BCUT2D eigenvalue weighted by Crippen LogP contribution is 2.21. The summed E-state index contributed by atoms with van der Waals surface area (Å²) in [6.07, 6.45) is 2.41. The van der Waals surface area contributed by atoms with Gasteiger partial charge in [0.1, 0.15) is 0 Å². The zero-order chi connectivity index (χ0) is 9.80. The summed E-state index contributed by atoms with van der Waals surface area (Å²) < 4.78 is 0.